The Morgan fingerprint density at radius 1 is 1.15 bits per heavy atom. The summed E-state index contributed by atoms with van der Waals surface area (Å²) < 4.78 is 20.6. The van der Waals surface area contributed by atoms with Crippen molar-refractivity contribution in [2.24, 2.45) is 0 Å². The molecule has 1 amide bonds. The quantitative estimate of drug-likeness (QED) is 0.308. The van der Waals surface area contributed by atoms with Gasteiger partial charge in [-0.05, 0) is 62.2 Å². The van der Waals surface area contributed by atoms with Crippen LogP contribution in [0.4, 0.5) is 9.52 Å². The number of nitrogens with zero attached hydrogens (tertiary/aromatic N) is 4. The van der Waals surface area contributed by atoms with Gasteiger partial charge in [-0.3, -0.25) is 4.79 Å². The van der Waals surface area contributed by atoms with E-state index in [1.54, 1.807) is 12.1 Å². The minimum absolute atomic E-state index is 0.166. The van der Waals surface area contributed by atoms with Crippen LogP contribution in [0.15, 0.2) is 53.0 Å². The summed E-state index contributed by atoms with van der Waals surface area (Å²) in [5.74, 6) is 0.869. The highest BCUT2D eigenvalue weighted by atomic mass is 32.2. The number of anilines is 1. The molecule has 0 spiro atoms. The average Bonchev–Trinajstić information content (AvgIpc) is 3.45. The molecule has 7 nitrogen and oxygen atoms in total. The van der Waals surface area contributed by atoms with Crippen molar-refractivity contribution in [2.45, 2.75) is 39.1 Å². The van der Waals surface area contributed by atoms with Gasteiger partial charge >= 0.3 is 0 Å². The predicted octanol–water partition coefficient (Wildman–Crippen LogP) is 5.49. The normalized spacial score (nSPS) is 10.9. The number of hydrogen-bond acceptors (Lipinski definition) is 7. The monoisotopic (exact) mass is 497 g/mol. The molecule has 34 heavy (non-hydrogen) atoms. The number of aryl methyl sites for hydroxylation is 2. The van der Waals surface area contributed by atoms with Gasteiger partial charge in [0.25, 0.3) is 0 Å². The molecule has 0 saturated carbocycles. The molecule has 4 aromatic rings. The lowest BCUT2D eigenvalue weighted by Gasteiger charge is -2.08. The van der Waals surface area contributed by atoms with Crippen LogP contribution in [0.2, 0.25) is 0 Å². The van der Waals surface area contributed by atoms with Crippen LogP contribution >= 0.6 is 23.1 Å². The molecule has 0 aliphatic heterocycles. The van der Waals surface area contributed by atoms with Gasteiger partial charge in [-0.1, -0.05) is 23.9 Å². The van der Waals surface area contributed by atoms with E-state index in [4.69, 9.17) is 4.74 Å². The van der Waals surface area contributed by atoms with Crippen LogP contribution in [0, 0.1) is 19.7 Å². The number of thiazole rings is 1. The van der Waals surface area contributed by atoms with Crippen molar-refractivity contribution in [3.8, 4) is 17.0 Å². The van der Waals surface area contributed by atoms with E-state index in [9.17, 15) is 9.18 Å². The molecule has 1 N–H and O–H groups in total. The summed E-state index contributed by atoms with van der Waals surface area (Å²) >= 11 is 2.70. The number of ether oxygens (including phenoxy) is 1. The van der Waals surface area contributed by atoms with Gasteiger partial charge in [-0.25, -0.2) is 9.37 Å². The number of rotatable bonds is 9. The maximum atomic E-state index is 13.0. The molecule has 0 bridgehead atoms. The molecule has 0 aliphatic rings. The Morgan fingerprint density at radius 3 is 2.68 bits per heavy atom. The van der Waals surface area contributed by atoms with Crippen LogP contribution in [0.25, 0.3) is 11.3 Å². The standard InChI is InChI=1S/C24H24FN5O2S2/c1-4-30-21(12-32-19-9-7-18(25)8-10-19)28-29-24(30)34-14-22(31)27-23-26-20(13-33-23)17-6-5-15(2)16(3)11-17/h5-11,13H,4,12,14H2,1-3H3,(H,26,27,31). The third kappa shape index (κ3) is 5.81. The first-order chi connectivity index (χ1) is 16.4. The molecule has 0 unspecified atom stereocenters. The average molecular weight is 498 g/mol. The molecule has 0 fully saturated rings. The number of halogens is 1. The van der Waals surface area contributed by atoms with Gasteiger partial charge in [0.1, 0.15) is 18.2 Å². The van der Waals surface area contributed by atoms with E-state index in [-0.39, 0.29) is 24.1 Å². The third-order valence-corrected chi connectivity index (χ3v) is 6.90. The SMILES string of the molecule is CCn1c(COc2ccc(F)cc2)nnc1SCC(=O)Nc1nc(-c2ccc(C)c(C)c2)cs1. The Balaban J connectivity index is 1.32. The van der Waals surface area contributed by atoms with Crippen LogP contribution < -0.4 is 10.1 Å². The molecule has 4 rings (SSSR count). The zero-order valence-corrected chi connectivity index (χ0v) is 20.7. The number of carbonyl (C=O) groups is 1. The Morgan fingerprint density at radius 2 is 1.94 bits per heavy atom. The van der Waals surface area contributed by atoms with Gasteiger partial charge < -0.3 is 14.6 Å². The van der Waals surface area contributed by atoms with E-state index in [2.05, 4.69) is 46.5 Å². The van der Waals surface area contributed by atoms with Gasteiger partial charge in [0, 0.05) is 17.5 Å². The molecular formula is C24H24FN5O2S2. The highest BCUT2D eigenvalue weighted by Crippen LogP contribution is 2.27. The van der Waals surface area contributed by atoms with Gasteiger partial charge in [0.2, 0.25) is 5.91 Å². The van der Waals surface area contributed by atoms with Crippen molar-refractivity contribution >= 4 is 34.1 Å². The predicted molar refractivity (Wildman–Crippen MR) is 133 cm³/mol. The smallest absolute Gasteiger partial charge is 0.236 e. The second-order valence-electron chi connectivity index (χ2n) is 7.56. The molecule has 0 saturated heterocycles. The molecule has 2 aromatic carbocycles. The van der Waals surface area contributed by atoms with E-state index < -0.39 is 0 Å². The Bertz CT molecular complexity index is 1290. The van der Waals surface area contributed by atoms with E-state index in [0.29, 0.717) is 28.4 Å². The molecule has 0 atom stereocenters. The number of nitrogens with one attached hydrogen (secondary N) is 1. The summed E-state index contributed by atoms with van der Waals surface area (Å²) in [5.41, 5.74) is 4.30. The largest absolute Gasteiger partial charge is 0.486 e. The Labute approximate surface area is 205 Å². The zero-order chi connectivity index (χ0) is 24.1. The fourth-order valence-electron chi connectivity index (χ4n) is 3.18. The van der Waals surface area contributed by atoms with Crippen molar-refractivity contribution in [2.75, 3.05) is 11.1 Å². The van der Waals surface area contributed by atoms with Crippen molar-refractivity contribution in [3.63, 3.8) is 0 Å². The molecule has 176 valence electrons. The first kappa shape index (κ1) is 23.9. The highest BCUT2D eigenvalue weighted by molar-refractivity contribution is 7.99. The van der Waals surface area contributed by atoms with Gasteiger partial charge in [0.05, 0.1) is 11.4 Å². The second-order valence-corrected chi connectivity index (χ2v) is 9.36. The summed E-state index contributed by atoms with van der Waals surface area (Å²) in [6, 6.07) is 12.0. The van der Waals surface area contributed by atoms with Gasteiger partial charge in [-0.15, -0.1) is 21.5 Å². The maximum absolute atomic E-state index is 13.0. The lowest BCUT2D eigenvalue weighted by molar-refractivity contribution is -0.113. The van der Waals surface area contributed by atoms with Crippen LogP contribution in [0.1, 0.15) is 23.9 Å². The van der Waals surface area contributed by atoms with E-state index >= 15 is 0 Å². The minimum Gasteiger partial charge on any atom is -0.486 e. The van der Waals surface area contributed by atoms with Gasteiger partial charge in [-0.2, -0.15) is 0 Å². The fraction of sp³-hybridized carbons (Fsp3) is 0.250. The van der Waals surface area contributed by atoms with E-state index in [0.717, 1.165) is 11.3 Å². The molecule has 2 aromatic heterocycles. The molecule has 0 radical (unpaired) electrons. The summed E-state index contributed by atoms with van der Waals surface area (Å²) in [6.07, 6.45) is 0. The first-order valence-corrected chi connectivity index (χ1v) is 12.6. The number of benzene rings is 2. The second kappa shape index (κ2) is 10.8. The summed E-state index contributed by atoms with van der Waals surface area (Å²) in [6.45, 7) is 6.94. The van der Waals surface area contributed by atoms with Crippen molar-refractivity contribution in [1.82, 2.24) is 19.7 Å². The minimum atomic E-state index is -0.319. The zero-order valence-electron chi connectivity index (χ0n) is 19.0. The van der Waals surface area contributed by atoms with Crippen LogP contribution in [-0.2, 0) is 17.9 Å². The van der Waals surface area contributed by atoms with Crippen molar-refractivity contribution in [3.05, 3.63) is 70.6 Å². The lowest BCUT2D eigenvalue weighted by Crippen LogP contribution is -2.14. The van der Waals surface area contributed by atoms with E-state index in [1.807, 2.05) is 22.9 Å². The van der Waals surface area contributed by atoms with Crippen molar-refractivity contribution in [1.29, 1.82) is 0 Å². The summed E-state index contributed by atoms with van der Waals surface area (Å²) in [4.78, 5) is 17.0. The summed E-state index contributed by atoms with van der Waals surface area (Å²) in [7, 11) is 0. The number of aromatic nitrogens is 4. The topological polar surface area (TPSA) is 81.9 Å². The number of amides is 1. The molecular weight excluding hydrogens is 473 g/mol. The molecule has 2 heterocycles. The number of carbonyl (C=O) groups excluding carboxylic acids is 1. The van der Waals surface area contributed by atoms with E-state index in [1.165, 1.54) is 46.4 Å². The first-order valence-electron chi connectivity index (χ1n) is 10.7. The van der Waals surface area contributed by atoms with Crippen LogP contribution in [-0.4, -0.2) is 31.4 Å². The number of hydrogen-bond donors (Lipinski definition) is 1. The maximum Gasteiger partial charge on any atom is 0.236 e. The highest BCUT2D eigenvalue weighted by Gasteiger charge is 2.15. The Kier molecular flexibility index (Phi) is 7.59. The number of thioether (sulfide) groups is 1. The summed E-state index contributed by atoms with van der Waals surface area (Å²) in [5, 5.41) is 14.4. The molecule has 10 heteroatoms. The molecule has 0 aliphatic carbocycles. The van der Waals surface area contributed by atoms with Crippen LogP contribution in [0.3, 0.4) is 0 Å². The Hall–Kier alpha value is -3.24. The lowest BCUT2D eigenvalue weighted by atomic mass is 10.1. The van der Waals surface area contributed by atoms with Crippen LogP contribution in [0.5, 0.6) is 5.75 Å². The third-order valence-electron chi connectivity index (χ3n) is 5.18. The van der Waals surface area contributed by atoms with Gasteiger partial charge in [0.15, 0.2) is 16.1 Å². The fourth-order valence-corrected chi connectivity index (χ4v) is 4.74. The van der Waals surface area contributed by atoms with Crippen molar-refractivity contribution < 1.29 is 13.9 Å².